The highest BCUT2D eigenvalue weighted by molar-refractivity contribution is 6.23. The van der Waals surface area contributed by atoms with Crippen molar-refractivity contribution >= 4 is 55.0 Å². The lowest BCUT2D eigenvalue weighted by atomic mass is 9.86. The van der Waals surface area contributed by atoms with Crippen LogP contribution < -0.4 is 4.90 Å². The predicted octanol–water partition coefficient (Wildman–Crippen LogP) is 12.3. The van der Waals surface area contributed by atoms with Crippen LogP contribution in [0.15, 0.2) is 206 Å². The van der Waals surface area contributed by atoms with Crippen LogP contribution in [0.5, 0.6) is 0 Å². The second kappa shape index (κ2) is 13.6. The molecule has 268 valence electrons. The molecule has 0 saturated carbocycles. The van der Waals surface area contributed by atoms with Crippen molar-refractivity contribution in [3.63, 3.8) is 0 Å². The van der Waals surface area contributed by atoms with Crippen molar-refractivity contribution in [2.75, 3.05) is 11.4 Å². The van der Waals surface area contributed by atoms with Crippen LogP contribution in [-0.2, 0) is 0 Å². The quantitative estimate of drug-likeness (QED) is 0.159. The Labute approximate surface area is 330 Å². The first-order valence-electron chi connectivity index (χ1n) is 19.3. The van der Waals surface area contributed by atoms with Gasteiger partial charge in [0.15, 0.2) is 11.6 Å². The Balaban J connectivity index is 1.16. The zero-order valence-electron chi connectivity index (χ0n) is 31.0. The largest absolute Gasteiger partial charge is 0.321 e. The van der Waals surface area contributed by atoms with Gasteiger partial charge in [-0.1, -0.05) is 176 Å². The molecule has 11 rings (SSSR count). The maximum Gasteiger partial charge on any atom is 0.182 e. The van der Waals surface area contributed by atoms with Crippen LogP contribution in [0.2, 0.25) is 0 Å². The minimum absolute atomic E-state index is 0.602. The minimum Gasteiger partial charge on any atom is -0.321 e. The van der Waals surface area contributed by atoms with Crippen molar-refractivity contribution in [3.05, 3.63) is 223 Å². The Morgan fingerprint density at radius 2 is 0.982 bits per heavy atom. The molecule has 5 nitrogen and oxygen atoms in total. The summed E-state index contributed by atoms with van der Waals surface area (Å²) in [6.07, 6.45) is 6.28. The minimum atomic E-state index is 0.602. The molecule has 0 amide bonds. The van der Waals surface area contributed by atoms with E-state index in [1.165, 1.54) is 33.0 Å². The number of rotatable bonds is 6. The van der Waals surface area contributed by atoms with E-state index in [1.54, 1.807) is 6.33 Å². The number of anilines is 1. The average molecular weight is 730 g/mol. The van der Waals surface area contributed by atoms with Crippen LogP contribution in [0.3, 0.4) is 0 Å². The van der Waals surface area contributed by atoms with E-state index >= 15 is 0 Å². The van der Waals surface area contributed by atoms with Crippen molar-refractivity contribution in [1.29, 1.82) is 0 Å². The molecule has 0 bridgehead atoms. The summed E-state index contributed by atoms with van der Waals surface area (Å²) in [6, 6.07) is 64.3. The van der Waals surface area contributed by atoms with E-state index in [-0.39, 0.29) is 0 Å². The van der Waals surface area contributed by atoms with E-state index in [0.717, 1.165) is 55.6 Å². The van der Waals surface area contributed by atoms with Crippen molar-refractivity contribution in [2.24, 2.45) is 0 Å². The third kappa shape index (κ3) is 5.43. The summed E-state index contributed by atoms with van der Waals surface area (Å²) < 4.78 is 0. The number of fused-ring (bicyclic) bond motifs is 4. The fourth-order valence-electron chi connectivity index (χ4n) is 8.70. The standard InChI is InChI=1S/C52H35N5/c1-4-17-35(18-5-1)38-31-32-56-46(33-38)57(39-23-8-3-9-24-39)50(49(56)37-20-6-2-7-21-37)52-54-34-53-51(55-52)48-44-28-14-12-26-42(44)47(43-27-13-15-29-45(43)48)41-30-16-22-36-19-10-11-25-40(36)41/h1-31,33-34H,32H2. The highest BCUT2D eigenvalue weighted by Crippen LogP contribution is 2.48. The van der Waals surface area contributed by atoms with Gasteiger partial charge in [0, 0.05) is 23.4 Å². The van der Waals surface area contributed by atoms with Gasteiger partial charge < -0.3 is 4.90 Å². The summed E-state index contributed by atoms with van der Waals surface area (Å²) in [5, 5.41) is 6.94. The normalized spacial score (nSPS) is 14.0. The monoisotopic (exact) mass is 729 g/mol. The van der Waals surface area contributed by atoms with Gasteiger partial charge in [-0.3, -0.25) is 4.90 Å². The second-order valence-corrected chi connectivity index (χ2v) is 14.4. The van der Waals surface area contributed by atoms with Crippen LogP contribution in [0, 0.1) is 0 Å². The maximum atomic E-state index is 5.47. The molecule has 57 heavy (non-hydrogen) atoms. The van der Waals surface area contributed by atoms with Gasteiger partial charge in [-0.2, -0.15) is 0 Å². The summed E-state index contributed by atoms with van der Waals surface area (Å²) in [7, 11) is 0. The molecule has 0 radical (unpaired) electrons. The number of aromatic nitrogens is 3. The second-order valence-electron chi connectivity index (χ2n) is 14.4. The van der Waals surface area contributed by atoms with E-state index in [0.29, 0.717) is 18.2 Å². The smallest absolute Gasteiger partial charge is 0.182 e. The Bertz CT molecular complexity index is 3030. The first-order chi connectivity index (χ1) is 28.3. The fourth-order valence-corrected chi connectivity index (χ4v) is 8.70. The lowest BCUT2D eigenvalue weighted by molar-refractivity contribution is 0.548. The third-order valence-corrected chi connectivity index (χ3v) is 11.2. The van der Waals surface area contributed by atoms with Crippen molar-refractivity contribution in [3.8, 4) is 22.5 Å². The molecule has 0 aliphatic carbocycles. The predicted molar refractivity (Wildman–Crippen MR) is 235 cm³/mol. The van der Waals surface area contributed by atoms with Crippen LogP contribution in [-0.4, -0.2) is 26.4 Å². The molecule has 9 aromatic rings. The Kier molecular flexibility index (Phi) is 7.81. The van der Waals surface area contributed by atoms with Gasteiger partial charge in [0.05, 0.1) is 5.70 Å². The van der Waals surface area contributed by atoms with Gasteiger partial charge >= 0.3 is 0 Å². The first kappa shape index (κ1) is 32.8. The van der Waals surface area contributed by atoms with Gasteiger partial charge in [0.25, 0.3) is 0 Å². The Morgan fingerprint density at radius 3 is 1.67 bits per heavy atom. The number of benzene rings is 8. The molecule has 0 saturated heterocycles. The van der Waals surface area contributed by atoms with Gasteiger partial charge in [-0.25, -0.2) is 15.0 Å². The van der Waals surface area contributed by atoms with Crippen LogP contribution in [0.1, 0.15) is 17.0 Å². The number of para-hydroxylation sites is 1. The molecule has 8 aromatic carbocycles. The van der Waals surface area contributed by atoms with Gasteiger partial charge in [0.2, 0.25) is 0 Å². The van der Waals surface area contributed by atoms with Crippen LogP contribution in [0.25, 0.3) is 71.8 Å². The van der Waals surface area contributed by atoms with Gasteiger partial charge in [-0.15, -0.1) is 0 Å². The zero-order valence-corrected chi connectivity index (χ0v) is 31.0. The fraction of sp³-hybridized carbons (Fsp3) is 0.0192. The molecule has 2 aliphatic rings. The topological polar surface area (TPSA) is 45.2 Å². The SMILES string of the molecule is C1=C(c2ccccc2)C=C2N(C1)C(c1ccccc1)=C(c1ncnc(-c3c4ccccc4c(-c4cccc5ccccc45)c4ccccc34)n1)N2c1ccccc1. The lowest BCUT2D eigenvalue weighted by Crippen LogP contribution is -2.27. The summed E-state index contributed by atoms with van der Waals surface area (Å²) in [4.78, 5) is 20.1. The summed E-state index contributed by atoms with van der Waals surface area (Å²) >= 11 is 0. The van der Waals surface area contributed by atoms with E-state index < -0.39 is 0 Å². The molecule has 2 aliphatic heterocycles. The molecule has 0 N–H and O–H groups in total. The molecule has 0 atom stereocenters. The van der Waals surface area contributed by atoms with Crippen LogP contribution in [0.4, 0.5) is 5.69 Å². The van der Waals surface area contributed by atoms with E-state index in [9.17, 15) is 0 Å². The Morgan fingerprint density at radius 1 is 0.439 bits per heavy atom. The number of hydrogen-bond donors (Lipinski definition) is 0. The Hall–Kier alpha value is -7.63. The summed E-state index contributed by atoms with van der Waals surface area (Å²) in [5.41, 5.74) is 9.84. The highest BCUT2D eigenvalue weighted by atomic mass is 15.4. The van der Waals surface area contributed by atoms with Crippen molar-refractivity contribution in [2.45, 2.75) is 0 Å². The summed E-state index contributed by atoms with van der Waals surface area (Å²) in [5.74, 6) is 2.28. The lowest BCUT2D eigenvalue weighted by Gasteiger charge is -2.30. The van der Waals surface area contributed by atoms with Gasteiger partial charge in [0.1, 0.15) is 17.8 Å². The van der Waals surface area contributed by atoms with Gasteiger partial charge in [-0.05, 0) is 72.8 Å². The molecular weight excluding hydrogens is 695 g/mol. The van der Waals surface area contributed by atoms with E-state index in [2.05, 4.69) is 204 Å². The molecule has 0 spiro atoms. The molecule has 0 fully saturated rings. The zero-order chi connectivity index (χ0) is 37.7. The molecule has 0 unspecified atom stereocenters. The van der Waals surface area contributed by atoms with Crippen LogP contribution >= 0.6 is 0 Å². The average Bonchev–Trinajstić information content (AvgIpc) is 3.63. The highest BCUT2D eigenvalue weighted by Gasteiger charge is 2.39. The number of hydrogen-bond acceptors (Lipinski definition) is 5. The van der Waals surface area contributed by atoms with E-state index in [4.69, 9.17) is 15.0 Å². The third-order valence-electron chi connectivity index (χ3n) is 11.2. The number of allylic oxidation sites excluding steroid dienone is 2. The first-order valence-corrected chi connectivity index (χ1v) is 19.3. The molecule has 5 heteroatoms. The summed E-state index contributed by atoms with van der Waals surface area (Å²) in [6.45, 7) is 0.690. The van der Waals surface area contributed by atoms with E-state index in [1.807, 2.05) is 0 Å². The number of nitrogens with zero attached hydrogens (tertiary/aromatic N) is 5. The van der Waals surface area contributed by atoms with Crippen molar-refractivity contribution < 1.29 is 0 Å². The van der Waals surface area contributed by atoms with Crippen molar-refractivity contribution in [1.82, 2.24) is 19.9 Å². The molecule has 1 aromatic heterocycles. The molecule has 3 heterocycles. The maximum absolute atomic E-state index is 5.47. The molecular formula is C52H35N5.